The molecule has 2 aromatic carbocycles. The molecule has 188 valence electrons. The van der Waals surface area contributed by atoms with Crippen molar-refractivity contribution in [2.75, 3.05) is 23.5 Å². The maximum atomic E-state index is 13.9. The van der Waals surface area contributed by atoms with Crippen LogP contribution >= 0.6 is 23.1 Å². The number of amides is 2. The van der Waals surface area contributed by atoms with Crippen molar-refractivity contribution >= 4 is 51.6 Å². The van der Waals surface area contributed by atoms with Gasteiger partial charge in [0.1, 0.15) is 10.8 Å². The molecule has 0 aliphatic heterocycles. The molecule has 6 nitrogen and oxygen atoms in total. The third-order valence-corrected chi connectivity index (χ3v) is 8.10. The molecule has 2 N–H and O–H groups in total. The first-order chi connectivity index (χ1) is 17.5. The number of rotatable bonds is 7. The zero-order chi connectivity index (χ0) is 25.5. The van der Waals surface area contributed by atoms with E-state index >= 15 is 0 Å². The number of ether oxygens (including phenoxy) is 1. The smallest absolute Gasteiger partial charge is 0.341 e. The van der Waals surface area contributed by atoms with Crippen molar-refractivity contribution in [1.29, 1.82) is 0 Å². The molecule has 0 radical (unpaired) electrons. The molecule has 36 heavy (non-hydrogen) atoms. The quantitative estimate of drug-likeness (QED) is 0.278. The summed E-state index contributed by atoms with van der Waals surface area (Å²) >= 11 is 2.77. The molecule has 0 saturated heterocycles. The van der Waals surface area contributed by atoms with Gasteiger partial charge in [0.15, 0.2) is 0 Å². The zero-order valence-corrected chi connectivity index (χ0v) is 21.5. The number of methoxy groups -OCH3 is 1. The van der Waals surface area contributed by atoms with Crippen molar-refractivity contribution in [2.45, 2.75) is 43.4 Å². The van der Waals surface area contributed by atoms with Gasteiger partial charge in [-0.15, -0.1) is 23.1 Å². The number of anilines is 2. The van der Waals surface area contributed by atoms with Crippen molar-refractivity contribution in [3.63, 3.8) is 0 Å². The van der Waals surface area contributed by atoms with E-state index < -0.39 is 17.7 Å². The van der Waals surface area contributed by atoms with E-state index in [9.17, 15) is 18.8 Å². The Morgan fingerprint density at radius 3 is 2.56 bits per heavy atom. The molecule has 4 rings (SSSR count). The van der Waals surface area contributed by atoms with Gasteiger partial charge in [0, 0.05) is 15.5 Å². The summed E-state index contributed by atoms with van der Waals surface area (Å²) in [5.41, 5.74) is 1.95. The number of nitrogens with one attached hydrogen (secondary N) is 2. The zero-order valence-electron chi connectivity index (χ0n) is 19.9. The van der Waals surface area contributed by atoms with Crippen LogP contribution in [0.25, 0.3) is 0 Å². The summed E-state index contributed by atoms with van der Waals surface area (Å²) in [6.45, 7) is 0. The summed E-state index contributed by atoms with van der Waals surface area (Å²) < 4.78 is 18.9. The number of esters is 1. The van der Waals surface area contributed by atoms with Gasteiger partial charge < -0.3 is 15.4 Å². The average Bonchev–Trinajstić information content (AvgIpc) is 3.18. The monoisotopic (exact) mass is 526 g/mol. The Hall–Kier alpha value is -3.17. The van der Waals surface area contributed by atoms with Crippen LogP contribution in [0.3, 0.4) is 0 Å². The van der Waals surface area contributed by atoms with Gasteiger partial charge in [-0.1, -0.05) is 31.0 Å². The summed E-state index contributed by atoms with van der Waals surface area (Å²) in [5, 5.41) is 6.15. The molecule has 9 heteroatoms. The number of halogens is 1. The van der Waals surface area contributed by atoms with Crippen LogP contribution in [0.4, 0.5) is 15.1 Å². The molecule has 2 amide bonds. The standard InChI is InChI=1S/C27H27FN2O4S2/c1-34-27(33)24-20-12-4-2-3-5-14-22(20)36-26(24)30-23(31)16-35-18-10-8-9-17(15-18)29-25(32)19-11-6-7-13-21(19)28/h6-11,13,15H,2-5,12,14,16H2,1H3,(H,29,32)(H,30,31). The van der Waals surface area contributed by atoms with E-state index in [4.69, 9.17) is 4.74 Å². The van der Waals surface area contributed by atoms with Gasteiger partial charge in [0.2, 0.25) is 5.91 Å². The number of benzene rings is 2. The van der Waals surface area contributed by atoms with Crippen LogP contribution in [0.15, 0.2) is 53.4 Å². The second-order valence-corrected chi connectivity index (χ2v) is 10.6. The van der Waals surface area contributed by atoms with Crippen molar-refractivity contribution < 1.29 is 23.5 Å². The lowest BCUT2D eigenvalue weighted by molar-refractivity contribution is -0.113. The van der Waals surface area contributed by atoms with Crippen LogP contribution in [-0.4, -0.2) is 30.6 Å². The molecule has 0 saturated carbocycles. The van der Waals surface area contributed by atoms with Gasteiger partial charge in [-0.2, -0.15) is 0 Å². The Morgan fingerprint density at radius 2 is 1.78 bits per heavy atom. The summed E-state index contributed by atoms with van der Waals surface area (Å²) in [6, 6.07) is 12.8. The summed E-state index contributed by atoms with van der Waals surface area (Å²) in [5.74, 6) is -1.68. The van der Waals surface area contributed by atoms with Gasteiger partial charge in [-0.3, -0.25) is 9.59 Å². The van der Waals surface area contributed by atoms with E-state index in [0.717, 1.165) is 47.4 Å². The highest BCUT2D eigenvalue weighted by molar-refractivity contribution is 8.00. The first-order valence-corrected chi connectivity index (χ1v) is 13.6. The van der Waals surface area contributed by atoms with Gasteiger partial charge in [-0.05, 0) is 61.6 Å². The lowest BCUT2D eigenvalue weighted by atomic mass is 9.96. The fourth-order valence-corrected chi connectivity index (χ4v) is 6.19. The lowest BCUT2D eigenvalue weighted by Gasteiger charge is -2.11. The third kappa shape index (κ3) is 6.33. The first kappa shape index (κ1) is 25.9. The van der Waals surface area contributed by atoms with Crippen molar-refractivity contribution in [3.05, 3.63) is 75.9 Å². The number of carbonyl (C=O) groups excluding carboxylic acids is 3. The Balaban J connectivity index is 1.41. The molecule has 0 spiro atoms. The van der Waals surface area contributed by atoms with Crippen LogP contribution in [0, 0.1) is 5.82 Å². The third-order valence-electron chi connectivity index (χ3n) is 5.89. The van der Waals surface area contributed by atoms with E-state index in [-0.39, 0.29) is 17.2 Å². The highest BCUT2D eigenvalue weighted by atomic mass is 32.2. The fraction of sp³-hybridized carbons (Fsp3) is 0.296. The van der Waals surface area contributed by atoms with Crippen LogP contribution in [0.1, 0.15) is 56.8 Å². The van der Waals surface area contributed by atoms with E-state index in [1.807, 2.05) is 6.07 Å². The maximum absolute atomic E-state index is 13.9. The number of aryl methyl sites for hydroxylation is 1. The maximum Gasteiger partial charge on any atom is 0.341 e. The molecular weight excluding hydrogens is 499 g/mol. The number of thioether (sulfide) groups is 1. The lowest BCUT2D eigenvalue weighted by Crippen LogP contribution is -2.16. The minimum Gasteiger partial charge on any atom is -0.465 e. The fourth-order valence-electron chi connectivity index (χ4n) is 4.14. The molecule has 0 fully saturated rings. The topological polar surface area (TPSA) is 84.5 Å². The minimum atomic E-state index is -0.593. The summed E-state index contributed by atoms with van der Waals surface area (Å²) in [4.78, 5) is 39.7. The number of thiophene rings is 1. The van der Waals surface area contributed by atoms with Crippen molar-refractivity contribution in [1.82, 2.24) is 0 Å². The normalized spacial score (nSPS) is 13.2. The largest absolute Gasteiger partial charge is 0.465 e. The van der Waals surface area contributed by atoms with Crippen LogP contribution < -0.4 is 10.6 Å². The Morgan fingerprint density at radius 1 is 1.00 bits per heavy atom. The molecule has 0 bridgehead atoms. The van der Waals surface area contributed by atoms with E-state index in [1.54, 1.807) is 24.3 Å². The number of fused-ring (bicyclic) bond motifs is 1. The molecule has 0 unspecified atom stereocenters. The first-order valence-electron chi connectivity index (χ1n) is 11.8. The SMILES string of the molecule is COC(=O)c1c(NC(=O)CSc2cccc(NC(=O)c3ccccc3F)c2)sc2c1CCCCCC2. The van der Waals surface area contributed by atoms with Gasteiger partial charge in [0.05, 0.1) is 24.0 Å². The Labute approximate surface area is 217 Å². The van der Waals surface area contributed by atoms with E-state index in [0.29, 0.717) is 16.3 Å². The molecule has 3 aromatic rings. The van der Waals surface area contributed by atoms with Crippen molar-refractivity contribution in [2.24, 2.45) is 0 Å². The molecule has 1 aliphatic rings. The summed E-state index contributed by atoms with van der Waals surface area (Å²) in [6.07, 6.45) is 6.10. The number of hydrogen-bond donors (Lipinski definition) is 2. The minimum absolute atomic E-state index is 0.0404. The molecule has 1 aromatic heterocycles. The highest BCUT2D eigenvalue weighted by Crippen LogP contribution is 2.37. The second kappa shape index (κ2) is 12.2. The average molecular weight is 527 g/mol. The van der Waals surface area contributed by atoms with Crippen LogP contribution in [0.5, 0.6) is 0 Å². The molecular formula is C27H27FN2O4S2. The van der Waals surface area contributed by atoms with Crippen LogP contribution in [0.2, 0.25) is 0 Å². The predicted octanol–water partition coefficient (Wildman–Crippen LogP) is 6.32. The molecule has 0 atom stereocenters. The number of hydrogen-bond acceptors (Lipinski definition) is 6. The summed E-state index contributed by atoms with van der Waals surface area (Å²) in [7, 11) is 1.36. The Kier molecular flexibility index (Phi) is 8.77. The number of carbonyl (C=O) groups is 3. The Bertz CT molecular complexity index is 1270. The second-order valence-electron chi connectivity index (χ2n) is 8.41. The van der Waals surface area contributed by atoms with E-state index in [2.05, 4.69) is 10.6 Å². The van der Waals surface area contributed by atoms with Crippen molar-refractivity contribution in [3.8, 4) is 0 Å². The predicted molar refractivity (Wildman–Crippen MR) is 142 cm³/mol. The molecule has 1 aliphatic carbocycles. The van der Waals surface area contributed by atoms with Gasteiger partial charge >= 0.3 is 5.97 Å². The van der Waals surface area contributed by atoms with Gasteiger partial charge in [-0.25, -0.2) is 9.18 Å². The van der Waals surface area contributed by atoms with Gasteiger partial charge in [0.25, 0.3) is 5.91 Å². The van der Waals surface area contributed by atoms with Crippen LogP contribution in [-0.2, 0) is 22.4 Å². The highest BCUT2D eigenvalue weighted by Gasteiger charge is 2.26. The molecule has 1 heterocycles. The van der Waals surface area contributed by atoms with E-state index in [1.165, 1.54) is 54.8 Å².